The summed E-state index contributed by atoms with van der Waals surface area (Å²) in [5.41, 5.74) is 10.0. The summed E-state index contributed by atoms with van der Waals surface area (Å²) in [6.07, 6.45) is 0.206. The fraction of sp³-hybridized carbons (Fsp3) is 0.485. The molecule has 4 amide bonds. The number of thiol groups is 2. The van der Waals surface area contributed by atoms with Gasteiger partial charge in [0.05, 0.1) is 12.6 Å². The van der Waals surface area contributed by atoms with E-state index in [9.17, 15) is 34.2 Å². The number of aliphatic carboxylic acids is 1. The number of phenols is 1. The number of aryl methyl sites for hydroxylation is 1. The Balaban J connectivity index is 2.14. The van der Waals surface area contributed by atoms with Gasteiger partial charge in [0.15, 0.2) is 0 Å². The zero-order valence-corrected chi connectivity index (χ0v) is 29.6. The van der Waals surface area contributed by atoms with Crippen LogP contribution in [-0.2, 0) is 36.8 Å². The highest BCUT2D eigenvalue weighted by Crippen LogP contribution is 2.27. The molecule has 8 N–H and O–H groups in total. The van der Waals surface area contributed by atoms with Crippen LogP contribution >= 0.6 is 25.3 Å². The third kappa shape index (κ3) is 11.5. The molecule has 0 spiro atoms. The molecule has 0 heterocycles. The number of hydrogen-bond donors (Lipinski definition) is 9. The van der Waals surface area contributed by atoms with Gasteiger partial charge in [0, 0.05) is 15.9 Å². The number of hydrogen-bond acceptors (Lipinski definition) is 9. The van der Waals surface area contributed by atoms with Gasteiger partial charge >= 0.3 is 5.97 Å². The molecule has 2 aromatic carbocycles. The van der Waals surface area contributed by atoms with Crippen LogP contribution < -0.4 is 27.0 Å². The van der Waals surface area contributed by atoms with Crippen LogP contribution in [0.15, 0.2) is 36.4 Å². The Morgan fingerprint density at radius 2 is 1.36 bits per heavy atom. The quantitative estimate of drug-likeness (QED) is 0.125. The van der Waals surface area contributed by atoms with Gasteiger partial charge in [0.25, 0.3) is 0 Å². The minimum atomic E-state index is -1.35. The largest absolute Gasteiger partial charge is 0.508 e. The summed E-state index contributed by atoms with van der Waals surface area (Å²) in [4.78, 5) is 64.5. The van der Waals surface area contributed by atoms with Crippen molar-refractivity contribution < 1.29 is 34.2 Å². The minimum Gasteiger partial charge on any atom is -0.508 e. The molecular weight excluding hydrogens is 643 g/mol. The van der Waals surface area contributed by atoms with E-state index in [1.165, 1.54) is 13.8 Å². The first-order valence-electron chi connectivity index (χ1n) is 15.1. The van der Waals surface area contributed by atoms with Crippen LogP contribution in [0.25, 0.3) is 0 Å². The first-order chi connectivity index (χ1) is 21.6. The molecule has 258 valence electrons. The molecule has 2 aromatic rings. The lowest BCUT2D eigenvalue weighted by molar-refractivity contribution is -0.143. The van der Waals surface area contributed by atoms with Gasteiger partial charge in [0.1, 0.15) is 23.9 Å². The Kier molecular flexibility index (Phi) is 13.7. The van der Waals surface area contributed by atoms with Gasteiger partial charge in [-0.25, -0.2) is 4.79 Å². The van der Waals surface area contributed by atoms with E-state index in [1.54, 1.807) is 57.2 Å². The van der Waals surface area contributed by atoms with Crippen molar-refractivity contribution in [3.63, 3.8) is 0 Å². The normalized spacial score (nSPS) is 14.3. The van der Waals surface area contributed by atoms with Crippen LogP contribution in [0.2, 0.25) is 0 Å². The number of carbonyl (C=O) groups excluding carboxylic acids is 4. The average molecular weight is 690 g/mol. The maximum atomic E-state index is 13.3. The molecule has 0 aromatic heterocycles. The van der Waals surface area contributed by atoms with Crippen molar-refractivity contribution in [2.45, 2.75) is 95.0 Å². The summed E-state index contributed by atoms with van der Waals surface area (Å²) in [5.74, 6) is -3.92. The van der Waals surface area contributed by atoms with Crippen molar-refractivity contribution in [1.82, 2.24) is 21.3 Å². The van der Waals surface area contributed by atoms with Crippen molar-refractivity contribution in [3.8, 4) is 5.75 Å². The highest BCUT2D eigenvalue weighted by Gasteiger charge is 2.37. The number of nitrogens with one attached hydrogen (secondary N) is 4. The van der Waals surface area contributed by atoms with Crippen LogP contribution in [0.4, 0.5) is 0 Å². The number of amides is 4. The monoisotopic (exact) mass is 689 g/mol. The predicted octanol–water partition coefficient (Wildman–Crippen LogP) is 1.50. The molecule has 2 rings (SSSR count). The molecule has 0 saturated heterocycles. The molecular formula is C33H47N5O7S2. The molecule has 0 saturated carbocycles. The van der Waals surface area contributed by atoms with Crippen molar-refractivity contribution >= 4 is 54.9 Å². The number of carboxylic acids is 1. The zero-order chi connectivity index (χ0) is 35.9. The molecule has 47 heavy (non-hydrogen) atoms. The number of rotatable bonds is 15. The second kappa shape index (κ2) is 16.4. The van der Waals surface area contributed by atoms with E-state index in [0.717, 1.165) is 16.7 Å². The second-order valence-electron chi connectivity index (χ2n) is 12.8. The molecule has 0 unspecified atom stereocenters. The minimum absolute atomic E-state index is 0.0471. The van der Waals surface area contributed by atoms with Crippen molar-refractivity contribution in [3.05, 3.63) is 64.2 Å². The van der Waals surface area contributed by atoms with Crippen LogP contribution in [0, 0.1) is 20.8 Å². The van der Waals surface area contributed by atoms with E-state index >= 15 is 0 Å². The molecule has 0 aliphatic rings. The van der Waals surface area contributed by atoms with Gasteiger partial charge in [-0.05, 0) is 88.8 Å². The fourth-order valence-electron chi connectivity index (χ4n) is 4.91. The van der Waals surface area contributed by atoms with E-state index < -0.39 is 69.8 Å². The molecule has 0 radical (unpaired) electrons. The Hall–Kier alpha value is -3.75. The number of carboxylic acid groups (broad SMARTS) is 1. The Morgan fingerprint density at radius 3 is 1.89 bits per heavy atom. The topological polar surface area (TPSA) is 200 Å². The smallest absolute Gasteiger partial charge is 0.327 e. The van der Waals surface area contributed by atoms with Crippen molar-refractivity contribution in [2.24, 2.45) is 5.73 Å². The van der Waals surface area contributed by atoms with Gasteiger partial charge in [-0.2, -0.15) is 25.3 Å². The molecule has 0 aliphatic carbocycles. The van der Waals surface area contributed by atoms with Crippen molar-refractivity contribution in [1.29, 1.82) is 0 Å². The average Bonchev–Trinajstić information content (AvgIpc) is 2.96. The maximum Gasteiger partial charge on any atom is 0.327 e. The van der Waals surface area contributed by atoms with E-state index in [4.69, 9.17) is 5.73 Å². The lowest BCUT2D eigenvalue weighted by Gasteiger charge is -2.31. The van der Waals surface area contributed by atoms with Crippen LogP contribution in [0.5, 0.6) is 5.75 Å². The van der Waals surface area contributed by atoms with Crippen LogP contribution in [0.1, 0.15) is 55.5 Å². The highest BCUT2D eigenvalue weighted by atomic mass is 32.1. The summed E-state index contributed by atoms with van der Waals surface area (Å²) >= 11 is 8.78. The Morgan fingerprint density at radius 1 is 0.809 bits per heavy atom. The lowest BCUT2D eigenvalue weighted by Crippen LogP contribution is -2.60. The van der Waals surface area contributed by atoms with E-state index in [2.05, 4.69) is 46.5 Å². The van der Waals surface area contributed by atoms with Crippen molar-refractivity contribution in [2.75, 3.05) is 6.54 Å². The van der Waals surface area contributed by atoms with E-state index in [-0.39, 0.29) is 18.6 Å². The molecule has 0 bridgehead atoms. The van der Waals surface area contributed by atoms with Gasteiger partial charge < -0.3 is 37.2 Å². The molecule has 0 aliphatic heterocycles. The first-order valence-corrected chi connectivity index (χ1v) is 16.0. The van der Waals surface area contributed by atoms with Gasteiger partial charge in [-0.15, -0.1) is 0 Å². The number of aromatic hydroxyl groups is 1. The molecule has 0 fully saturated rings. The molecule has 12 nitrogen and oxygen atoms in total. The van der Waals surface area contributed by atoms with Gasteiger partial charge in [-0.1, -0.05) is 30.3 Å². The SMILES string of the molecule is Cc1cc(O)c(C)c(C)c1C[C@H](N)C(=O)N[C@@H](C(=O)NCC(=O)N[C@@H](Cc1ccccc1)C(=O)N[C@@H](C(=O)O)C(C)(C)S)C(C)(C)S. The zero-order valence-electron chi connectivity index (χ0n) is 27.8. The summed E-state index contributed by atoms with van der Waals surface area (Å²) in [6.45, 7) is 11.2. The van der Waals surface area contributed by atoms with E-state index in [0.29, 0.717) is 11.1 Å². The van der Waals surface area contributed by atoms with Crippen LogP contribution in [-0.4, -0.2) is 80.0 Å². The number of phenolic OH excluding ortho intramolecular Hbond substituents is 1. The summed E-state index contributed by atoms with van der Waals surface area (Å²) in [6, 6.07) is 5.68. The number of benzene rings is 2. The Labute approximate surface area is 286 Å². The van der Waals surface area contributed by atoms with Gasteiger partial charge in [0.2, 0.25) is 23.6 Å². The standard InChI is InChI=1S/C33H47N5O7S2/c1-17-13-24(39)19(3)18(2)21(17)15-22(34)28(41)37-26(32(4,5)46)30(43)35-16-25(40)36-23(14-20-11-9-8-10-12-20)29(42)38-27(31(44)45)33(6,7)47/h8-13,22-23,26-27,39,46-47H,14-16,34H2,1-7H3,(H,35,43)(H,36,40)(H,37,41)(H,38,42)(H,44,45)/t22-,23-,26-,27-/m0/s1. The predicted molar refractivity (Wildman–Crippen MR) is 187 cm³/mol. The molecule has 4 atom stereocenters. The fourth-order valence-corrected chi connectivity index (χ4v) is 5.27. The van der Waals surface area contributed by atoms with E-state index in [1.807, 2.05) is 13.8 Å². The highest BCUT2D eigenvalue weighted by molar-refractivity contribution is 7.82. The maximum absolute atomic E-state index is 13.3. The third-order valence-corrected chi connectivity index (χ3v) is 8.36. The first kappa shape index (κ1) is 39.4. The number of nitrogens with two attached hydrogens (primary N) is 1. The number of carbonyl (C=O) groups is 5. The summed E-state index contributed by atoms with van der Waals surface area (Å²) < 4.78 is -2.18. The van der Waals surface area contributed by atoms with Gasteiger partial charge in [-0.3, -0.25) is 19.2 Å². The molecule has 14 heteroatoms. The summed E-state index contributed by atoms with van der Waals surface area (Å²) in [5, 5.41) is 29.9. The summed E-state index contributed by atoms with van der Waals surface area (Å²) in [7, 11) is 0. The van der Waals surface area contributed by atoms with Crippen LogP contribution in [0.3, 0.4) is 0 Å². The Bertz CT molecular complexity index is 1470. The third-order valence-electron chi connectivity index (χ3n) is 7.84. The second-order valence-corrected chi connectivity index (χ2v) is 15.1. The lowest BCUT2D eigenvalue weighted by atomic mass is 9.92.